The number of carbonyl (C=O) groups is 1. The fourth-order valence-corrected chi connectivity index (χ4v) is 4.20. The zero-order valence-electron chi connectivity index (χ0n) is 18.6. The summed E-state index contributed by atoms with van der Waals surface area (Å²) in [5.41, 5.74) is 4.97. The highest BCUT2D eigenvalue weighted by molar-refractivity contribution is 6.29. The number of aromatic nitrogens is 3. The Bertz CT molecular complexity index is 1330. The minimum atomic E-state index is -4.84. The van der Waals surface area contributed by atoms with Gasteiger partial charge >= 0.3 is 6.18 Å². The van der Waals surface area contributed by atoms with Gasteiger partial charge < -0.3 is 15.2 Å². The number of carbonyl (C=O) groups excluding carboxylic acids is 1. The summed E-state index contributed by atoms with van der Waals surface area (Å²) in [7, 11) is 0. The van der Waals surface area contributed by atoms with Crippen LogP contribution in [-0.4, -0.2) is 37.9 Å². The molecule has 15 heteroatoms. The molecule has 0 radical (unpaired) electrons. The summed E-state index contributed by atoms with van der Waals surface area (Å²) in [6.45, 7) is -0.754. The molecule has 0 saturated heterocycles. The van der Waals surface area contributed by atoms with Crippen LogP contribution in [0.3, 0.4) is 0 Å². The smallest absolute Gasteiger partial charge is 0.335 e. The molecule has 3 heterocycles. The number of hydrogen-bond donors (Lipinski definition) is 1. The molecule has 1 atom stereocenters. The van der Waals surface area contributed by atoms with E-state index in [2.05, 4.69) is 9.97 Å². The number of rotatable bonds is 5. The van der Waals surface area contributed by atoms with E-state index < -0.39 is 52.4 Å². The van der Waals surface area contributed by atoms with Gasteiger partial charge in [0.25, 0.3) is 0 Å². The number of nitrogens with two attached hydrogens (primary N) is 1. The number of fused-ring (bicyclic) bond motifs is 1. The van der Waals surface area contributed by atoms with Gasteiger partial charge in [-0.15, -0.1) is 12.4 Å². The third-order valence-corrected chi connectivity index (χ3v) is 5.99. The summed E-state index contributed by atoms with van der Waals surface area (Å²) in [4.78, 5) is 21.2. The Labute approximate surface area is 216 Å². The van der Waals surface area contributed by atoms with Gasteiger partial charge in [-0.2, -0.15) is 13.2 Å². The quantitative estimate of drug-likeness (QED) is 0.268. The summed E-state index contributed by atoms with van der Waals surface area (Å²) in [6.07, 6.45) is -4.38. The molecule has 6 nitrogen and oxygen atoms in total. The molecule has 1 aliphatic rings. The number of amides is 1. The molecule has 37 heavy (non-hydrogen) atoms. The number of imidazole rings is 1. The molecule has 1 aromatic carbocycles. The van der Waals surface area contributed by atoms with Crippen molar-refractivity contribution >= 4 is 29.9 Å². The van der Waals surface area contributed by atoms with E-state index in [0.29, 0.717) is 12.1 Å². The largest absolute Gasteiger partial charge is 0.449 e. The lowest BCUT2D eigenvalue weighted by Gasteiger charge is -2.30. The van der Waals surface area contributed by atoms with E-state index in [-0.39, 0.29) is 67.4 Å². The molecule has 3 aromatic rings. The first kappa shape index (κ1) is 28.7. The molecule has 1 unspecified atom stereocenters. The van der Waals surface area contributed by atoms with E-state index in [9.17, 15) is 35.5 Å². The fourth-order valence-electron chi connectivity index (χ4n) is 4.04. The second kappa shape index (κ2) is 10.8. The maximum absolute atomic E-state index is 14.6. The SMILES string of the molecule is Cl.NC(CC(=O)N1CCn2c(C(F)(F)F)nc(-c3ccnc(Cl)c3F)c2C1)Cc1cc(F)c(F)cc1F. The van der Waals surface area contributed by atoms with Crippen LogP contribution in [0.25, 0.3) is 11.3 Å². The first-order valence-electron chi connectivity index (χ1n) is 10.5. The van der Waals surface area contributed by atoms with Crippen molar-refractivity contribution in [2.24, 2.45) is 5.73 Å². The van der Waals surface area contributed by atoms with Gasteiger partial charge in [0.1, 0.15) is 5.82 Å². The van der Waals surface area contributed by atoms with Crippen LogP contribution >= 0.6 is 24.0 Å². The molecule has 0 spiro atoms. The van der Waals surface area contributed by atoms with Crippen LogP contribution in [0.4, 0.5) is 30.7 Å². The lowest BCUT2D eigenvalue weighted by Crippen LogP contribution is -2.42. The van der Waals surface area contributed by atoms with Crippen molar-refractivity contribution < 1.29 is 35.5 Å². The Morgan fingerprint density at radius 1 is 1.11 bits per heavy atom. The van der Waals surface area contributed by atoms with Crippen LogP contribution in [0, 0.1) is 23.3 Å². The third-order valence-electron chi connectivity index (χ3n) is 5.72. The van der Waals surface area contributed by atoms with Crippen molar-refractivity contribution in [3.05, 3.63) is 69.9 Å². The average Bonchev–Trinajstić information content (AvgIpc) is 3.18. The molecule has 4 rings (SSSR count). The van der Waals surface area contributed by atoms with Gasteiger partial charge in [0.2, 0.25) is 11.7 Å². The number of alkyl halides is 3. The number of hydrogen-bond acceptors (Lipinski definition) is 4. The second-order valence-electron chi connectivity index (χ2n) is 8.18. The third kappa shape index (κ3) is 5.83. The molecule has 2 aromatic heterocycles. The highest BCUT2D eigenvalue weighted by Gasteiger charge is 2.41. The summed E-state index contributed by atoms with van der Waals surface area (Å²) in [6, 6.07) is 1.14. The second-order valence-corrected chi connectivity index (χ2v) is 8.54. The Balaban J connectivity index is 0.00000380. The molecule has 0 aliphatic carbocycles. The Morgan fingerprint density at radius 2 is 1.78 bits per heavy atom. The highest BCUT2D eigenvalue weighted by Crippen LogP contribution is 2.37. The number of benzene rings is 1. The van der Waals surface area contributed by atoms with Gasteiger partial charge in [0, 0.05) is 43.4 Å². The summed E-state index contributed by atoms with van der Waals surface area (Å²) in [5, 5.41) is -0.554. The monoisotopic (exact) mass is 571 g/mol. The van der Waals surface area contributed by atoms with Crippen molar-refractivity contribution in [2.75, 3.05) is 6.54 Å². The van der Waals surface area contributed by atoms with E-state index in [1.165, 1.54) is 4.90 Å². The van der Waals surface area contributed by atoms with Crippen LogP contribution in [0.1, 0.15) is 23.5 Å². The Hall–Kier alpha value is -2.90. The minimum absolute atomic E-state index is 0. The van der Waals surface area contributed by atoms with E-state index >= 15 is 0 Å². The van der Waals surface area contributed by atoms with Crippen LogP contribution in [0.2, 0.25) is 5.15 Å². The van der Waals surface area contributed by atoms with Gasteiger partial charge in [0.15, 0.2) is 22.6 Å². The Kier molecular flexibility index (Phi) is 8.40. The first-order chi connectivity index (χ1) is 16.9. The summed E-state index contributed by atoms with van der Waals surface area (Å²) in [5.74, 6) is -6.56. The van der Waals surface area contributed by atoms with E-state index in [0.717, 1.165) is 16.8 Å². The van der Waals surface area contributed by atoms with Crippen LogP contribution in [0.5, 0.6) is 0 Å². The van der Waals surface area contributed by atoms with E-state index in [1.807, 2.05) is 0 Å². The zero-order valence-corrected chi connectivity index (χ0v) is 20.2. The predicted octanol–water partition coefficient (Wildman–Crippen LogP) is 4.90. The lowest BCUT2D eigenvalue weighted by molar-refractivity contribution is -0.148. The topological polar surface area (TPSA) is 77.0 Å². The number of pyridine rings is 1. The van der Waals surface area contributed by atoms with Crippen LogP contribution in [-0.2, 0) is 30.5 Å². The van der Waals surface area contributed by atoms with E-state index in [4.69, 9.17) is 17.3 Å². The maximum atomic E-state index is 14.6. The van der Waals surface area contributed by atoms with Gasteiger partial charge in [-0.3, -0.25) is 4.79 Å². The van der Waals surface area contributed by atoms with Gasteiger partial charge in [-0.1, -0.05) is 11.6 Å². The Morgan fingerprint density at radius 3 is 2.46 bits per heavy atom. The van der Waals surface area contributed by atoms with Gasteiger partial charge in [-0.05, 0) is 24.1 Å². The van der Waals surface area contributed by atoms with Crippen molar-refractivity contribution in [3.8, 4) is 11.3 Å². The van der Waals surface area contributed by atoms with Gasteiger partial charge in [-0.25, -0.2) is 27.5 Å². The van der Waals surface area contributed by atoms with Gasteiger partial charge in [0.05, 0.1) is 17.9 Å². The molecule has 0 bridgehead atoms. The lowest BCUT2D eigenvalue weighted by atomic mass is 10.0. The normalized spacial score (nSPS) is 14.2. The molecule has 2 N–H and O–H groups in total. The molecular formula is C22H18Cl2F7N5O. The minimum Gasteiger partial charge on any atom is -0.335 e. The van der Waals surface area contributed by atoms with Crippen LogP contribution in [0.15, 0.2) is 24.4 Å². The first-order valence-corrected chi connectivity index (χ1v) is 10.9. The van der Waals surface area contributed by atoms with Crippen LogP contribution < -0.4 is 5.73 Å². The summed E-state index contributed by atoms with van der Waals surface area (Å²) < 4.78 is 96.8. The molecule has 1 aliphatic heterocycles. The van der Waals surface area contributed by atoms with Crippen molar-refractivity contribution in [3.63, 3.8) is 0 Å². The molecule has 0 saturated carbocycles. The predicted molar refractivity (Wildman–Crippen MR) is 121 cm³/mol. The zero-order chi connectivity index (χ0) is 26.4. The standard InChI is InChI=1S/C22H17ClF7N5O.ClH/c23-20-18(27)12(1-2-32-20)19-16-9-34(3-4-35(16)21(33-19)22(28,29)30)17(36)7-11(31)5-10-6-14(25)15(26)8-13(10)24;/h1-2,6,8,11H,3-5,7,9,31H2;1H. The van der Waals surface area contributed by atoms with Crippen molar-refractivity contribution in [2.45, 2.75) is 38.1 Å². The number of halogens is 9. The summed E-state index contributed by atoms with van der Waals surface area (Å²) >= 11 is 5.68. The molecular weight excluding hydrogens is 554 g/mol. The van der Waals surface area contributed by atoms with Crippen molar-refractivity contribution in [1.82, 2.24) is 19.4 Å². The number of nitrogens with zero attached hydrogens (tertiary/aromatic N) is 4. The fraction of sp³-hybridized carbons (Fsp3) is 0.318. The average molecular weight is 572 g/mol. The molecule has 0 fully saturated rings. The molecule has 1 amide bonds. The van der Waals surface area contributed by atoms with Crippen molar-refractivity contribution in [1.29, 1.82) is 0 Å². The molecule has 200 valence electrons. The van der Waals surface area contributed by atoms with E-state index in [1.54, 1.807) is 0 Å². The maximum Gasteiger partial charge on any atom is 0.449 e. The highest BCUT2D eigenvalue weighted by atomic mass is 35.5.